The van der Waals surface area contributed by atoms with E-state index in [1.54, 1.807) is 11.8 Å². The first-order valence-corrected chi connectivity index (χ1v) is 6.96. The van der Waals surface area contributed by atoms with Crippen LogP contribution in [0.5, 0.6) is 0 Å². The van der Waals surface area contributed by atoms with E-state index in [2.05, 4.69) is 5.32 Å². The van der Waals surface area contributed by atoms with Crippen molar-refractivity contribution in [3.8, 4) is 0 Å². The Morgan fingerprint density at radius 1 is 1.41 bits per heavy atom. The average molecular weight is 260 g/mol. The summed E-state index contributed by atoms with van der Waals surface area (Å²) >= 11 is 1.58. The van der Waals surface area contributed by atoms with Gasteiger partial charge in [-0.3, -0.25) is 0 Å². The van der Waals surface area contributed by atoms with Gasteiger partial charge in [-0.05, 0) is 12.8 Å². The van der Waals surface area contributed by atoms with Crippen LogP contribution in [0.2, 0.25) is 0 Å². The summed E-state index contributed by atoms with van der Waals surface area (Å²) < 4.78 is 0. The van der Waals surface area contributed by atoms with Crippen LogP contribution in [0.3, 0.4) is 0 Å². The molecule has 17 heavy (non-hydrogen) atoms. The van der Waals surface area contributed by atoms with Gasteiger partial charge >= 0.3 is 12.0 Å². The Kier molecular flexibility index (Phi) is 5.11. The summed E-state index contributed by atoms with van der Waals surface area (Å²) in [6, 6.07) is -0.918. The lowest BCUT2D eigenvalue weighted by molar-refractivity contribution is -0.141. The predicted molar refractivity (Wildman–Crippen MR) is 68.3 cm³/mol. The molecule has 6 heteroatoms. The molecule has 0 spiro atoms. The third-order valence-corrected chi connectivity index (χ3v) is 4.05. The largest absolute Gasteiger partial charge is 0.480 e. The number of carbonyl (C=O) groups is 2. The molecule has 0 aromatic rings. The molecule has 2 unspecified atom stereocenters. The Morgan fingerprint density at radius 3 is 2.59 bits per heavy atom. The van der Waals surface area contributed by atoms with Crippen molar-refractivity contribution in [2.24, 2.45) is 5.92 Å². The number of thioether (sulfide) groups is 1. The number of aliphatic carboxylic acids is 1. The van der Waals surface area contributed by atoms with Gasteiger partial charge in [0.2, 0.25) is 0 Å². The second-order valence-corrected chi connectivity index (χ2v) is 5.75. The average Bonchev–Trinajstić information content (AvgIpc) is 2.28. The first-order valence-electron chi connectivity index (χ1n) is 5.81. The summed E-state index contributed by atoms with van der Waals surface area (Å²) in [7, 11) is 0. The van der Waals surface area contributed by atoms with E-state index in [-0.39, 0.29) is 12.1 Å². The van der Waals surface area contributed by atoms with Crippen molar-refractivity contribution in [1.29, 1.82) is 0 Å². The van der Waals surface area contributed by atoms with Crippen molar-refractivity contribution in [2.75, 3.05) is 18.1 Å². The zero-order valence-electron chi connectivity index (χ0n) is 10.5. The molecule has 0 aliphatic carbocycles. The number of carboxylic acid groups (broad SMARTS) is 1. The van der Waals surface area contributed by atoms with Gasteiger partial charge in [0.1, 0.15) is 6.04 Å². The van der Waals surface area contributed by atoms with E-state index < -0.39 is 12.0 Å². The molecule has 0 saturated carbocycles. The number of urea groups is 1. The fraction of sp³-hybridized carbons (Fsp3) is 0.818. The summed E-state index contributed by atoms with van der Waals surface area (Å²) in [6.45, 7) is 6.46. The van der Waals surface area contributed by atoms with E-state index in [9.17, 15) is 9.59 Å². The topological polar surface area (TPSA) is 69.6 Å². The number of hydrogen-bond donors (Lipinski definition) is 2. The molecular formula is C11H20N2O3S. The zero-order valence-corrected chi connectivity index (χ0v) is 11.3. The summed E-state index contributed by atoms with van der Waals surface area (Å²) in [6.07, 6.45) is 0. The zero-order chi connectivity index (χ0) is 13.0. The van der Waals surface area contributed by atoms with Crippen LogP contribution < -0.4 is 5.32 Å². The van der Waals surface area contributed by atoms with E-state index in [1.165, 1.54) is 4.90 Å². The molecule has 2 amide bonds. The van der Waals surface area contributed by atoms with Crippen LogP contribution in [0.15, 0.2) is 0 Å². The van der Waals surface area contributed by atoms with Crippen LogP contribution >= 0.6 is 11.8 Å². The highest BCUT2D eigenvalue weighted by Gasteiger charge is 2.32. The molecule has 1 aliphatic heterocycles. The van der Waals surface area contributed by atoms with Crippen molar-refractivity contribution in [1.82, 2.24) is 10.2 Å². The Hall–Kier alpha value is -0.910. The highest BCUT2D eigenvalue weighted by molar-refractivity contribution is 7.99. The van der Waals surface area contributed by atoms with Crippen LogP contribution in [-0.2, 0) is 4.79 Å². The molecular weight excluding hydrogens is 240 g/mol. The second-order valence-electron chi connectivity index (χ2n) is 4.60. The molecule has 1 aliphatic rings. The molecule has 1 rings (SSSR count). The smallest absolute Gasteiger partial charge is 0.327 e. The van der Waals surface area contributed by atoms with E-state index in [0.717, 1.165) is 5.75 Å². The molecule has 0 bridgehead atoms. The molecule has 0 aromatic heterocycles. The number of carboxylic acids is 1. The number of hydrogen-bond acceptors (Lipinski definition) is 3. The van der Waals surface area contributed by atoms with Gasteiger partial charge in [0.15, 0.2) is 0 Å². The standard InChI is InChI=1S/C11H20N2O3S/c1-7(2)8(3)12-11(16)13-4-5-17-6-9(13)10(14)15/h7-9H,4-6H2,1-3H3,(H,12,16)(H,14,15). The molecule has 1 fully saturated rings. The van der Waals surface area contributed by atoms with Gasteiger partial charge in [-0.1, -0.05) is 13.8 Å². The molecule has 0 aromatic carbocycles. The molecule has 1 heterocycles. The number of rotatable bonds is 3. The lowest BCUT2D eigenvalue weighted by Crippen LogP contribution is -2.55. The number of nitrogens with zero attached hydrogens (tertiary/aromatic N) is 1. The van der Waals surface area contributed by atoms with Crippen LogP contribution in [0.25, 0.3) is 0 Å². The van der Waals surface area contributed by atoms with Crippen molar-refractivity contribution < 1.29 is 14.7 Å². The summed E-state index contributed by atoms with van der Waals surface area (Å²) in [5.74, 6) is 0.678. The minimum atomic E-state index is -0.926. The fourth-order valence-electron chi connectivity index (χ4n) is 1.50. The lowest BCUT2D eigenvalue weighted by atomic mass is 10.1. The minimum Gasteiger partial charge on any atom is -0.480 e. The normalized spacial score (nSPS) is 22.4. The van der Waals surface area contributed by atoms with Gasteiger partial charge in [-0.15, -0.1) is 0 Å². The van der Waals surface area contributed by atoms with Gasteiger partial charge in [0.05, 0.1) is 0 Å². The highest BCUT2D eigenvalue weighted by Crippen LogP contribution is 2.17. The quantitative estimate of drug-likeness (QED) is 0.801. The van der Waals surface area contributed by atoms with E-state index in [1.807, 2.05) is 20.8 Å². The van der Waals surface area contributed by atoms with Crippen molar-refractivity contribution in [2.45, 2.75) is 32.9 Å². The van der Waals surface area contributed by atoms with Gasteiger partial charge in [-0.25, -0.2) is 9.59 Å². The van der Waals surface area contributed by atoms with Crippen LogP contribution in [0, 0.1) is 5.92 Å². The highest BCUT2D eigenvalue weighted by atomic mass is 32.2. The van der Waals surface area contributed by atoms with Gasteiger partial charge < -0.3 is 15.3 Å². The van der Waals surface area contributed by atoms with Crippen LogP contribution in [0.1, 0.15) is 20.8 Å². The first-order chi connectivity index (χ1) is 7.93. The molecule has 5 nitrogen and oxygen atoms in total. The van der Waals surface area contributed by atoms with Crippen LogP contribution in [0.4, 0.5) is 4.79 Å². The minimum absolute atomic E-state index is 0.0477. The monoisotopic (exact) mass is 260 g/mol. The lowest BCUT2D eigenvalue weighted by Gasteiger charge is -2.34. The van der Waals surface area contributed by atoms with Crippen molar-refractivity contribution >= 4 is 23.8 Å². The number of amides is 2. The van der Waals surface area contributed by atoms with Crippen LogP contribution in [-0.4, -0.2) is 52.1 Å². The maximum atomic E-state index is 12.0. The molecule has 1 saturated heterocycles. The summed E-state index contributed by atoms with van der Waals surface area (Å²) in [4.78, 5) is 24.5. The van der Waals surface area contributed by atoms with Crippen molar-refractivity contribution in [3.05, 3.63) is 0 Å². The maximum Gasteiger partial charge on any atom is 0.327 e. The van der Waals surface area contributed by atoms with Gasteiger partial charge in [0, 0.05) is 24.1 Å². The third kappa shape index (κ3) is 3.80. The molecule has 2 N–H and O–H groups in total. The molecule has 0 radical (unpaired) electrons. The number of nitrogens with one attached hydrogen (secondary N) is 1. The number of carbonyl (C=O) groups excluding carboxylic acids is 1. The Labute approximate surface area is 106 Å². The summed E-state index contributed by atoms with van der Waals surface area (Å²) in [5.41, 5.74) is 0. The molecule has 2 atom stereocenters. The molecule has 98 valence electrons. The summed E-state index contributed by atoms with van der Waals surface area (Å²) in [5, 5.41) is 11.9. The van der Waals surface area contributed by atoms with E-state index in [0.29, 0.717) is 18.2 Å². The third-order valence-electron chi connectivity index (χ3n) is 3.03. The SMILES string of the molecule is CC(C)C(C)NC(=O)N1CCSCC1C(=O)O. The Bertz CT molecular complexity index is 296. The predicted octanol–water partition coefficient (Wildman–Crippen LogP) is 1.24. The fourth-order valence-corrected chi connectivity index (χ4v) is 2.53. The Morgan fingerprint density at radius 2 is 2.06 bits per heavy atom. The van der Waals surface area contributed by atoms with Gasteiger partial charge in [-0.2, -0.15) is 11.8 Å². The van der Waals surface area contributed by atoms with Gasteiger partial charge in [0.25, 0.3) is 0 Å². The second kappa shape index (κ2) is 6.14. The van der Waals surface area contributed by atoms with E-state index >= 15 is 0 Å². The van der Waals surface area contributed by atoms with Crippen molar-refractivity contribution in [3.63, 3.8) is 0 Å². The maximum absolute atomic E-state index is 12.0. The Balaban J connectivity index is 2.62. The van der Waals surface area contributed by atoms with E-state index in [4.69, 9.17) is 5.11 Å². The first kappa shape index (κ1) is 14.2.